The molecule has 90 heavy (non-hydrogen) atoms. The van der Waals surface area contributed by atoms with Gasteiger partial charge < -0.3 is 0 Å². The van der Waals surface area contributed by atoms with Crippen molar-refractivity contribution in [1.29, 1.82) is 0 Å². The van der Waals surface area contributed by atoms with E-state index in [1.165, 1.54) is 167 Å². The summed E-state index contributed by atoms with van der Waals surface area (Å²) in [6.45, 7) is 26.8. The Balaban J connectivity index is 1.22. The number of hydrogen-bond acceptors (Lipinski definition) is 0. The second-order valence-electron chi connectivity index (χ2n) is 25.3. The Morgan fingerprint density at radius 2 is 0.178 bits per heavy atom. The third kappa shape index (κ3) is 10.9. The molecule has 13 aromatic carbocycles. The molecule has 0 bridgehead atoms. The van der Waals surface area contributed by atoms with Gasteiger partial charge in [0.15, 0.2) is 0 Å². The lowest BCUT2D eigenvalue weighted by atomic mass is 9.73. The number of benzene rings is 13. The van der Waals surface area contributed by atoms with Crippen LogP contribution in [0, 0.1) is 83.1 Å². The molecule has 0 fully saturated rings. The topological polar surface area (TPSA) is 0 Å². The van der Waals surface area contributed by atoms with Gasteiger partial charge in [-0.15, -0.1) is 0 Å². The van der Waals surface area contributed by atoms with Crippen molar-refractivity contribution in [3.05, 3.63) is 322 Å². The second-order valence-corrected chi connectivity index (χ2v) is 25.3. The molecule has 0 N–H and O–H groups in total. The predicted octanol–water partition coefficient (Wildman–Crippen LogP) is 25.4. The van der Waals surface area contributed by atoms with Gasteiger partial charge in [-0.2, -0.15) is 0 Å². The molecule has 0 aliphatic heterocycles. The van der Waals surface area contributed by atoms with E-state index in [0.717, 1.165) is 33.4 Å². The quantitative estimate of drug-likeness (QED) is 0.114. The highest BCUT2D eigenvalue weighted by molar-refractivity contribution is 6.15. The fourth-order valence-corrected chi connectivity index (χ4v) is 14.9. The average molecular weight is 1160 g/mol. The largest absolute Gasteiger partial charge is 0.0617 e. The van der Waals surface area contributed by atoms with Gasteiger partial charge in [0.25, 0.3) is 0 Å². The first kappa shape index (κ1) is 58.9. The SMILES string of the molecule is Cc1cccc(C)c1-c1ccc(-c2c(-c3ccc(-c4c(C)cccc4C)cc3)c(-c3ccc(-c4c(C)cccc4C)cc3)c(-c3ccc(-c4c(C)cccc4C)cc3)c(-c3ccc(-c4c(C)cccc4C)cc3)c2-c2ccc(-c3c(C)cccc3C)cc2)cc1. The Morgan fingerprint density at radius 3 is 0.267 bits per heavy atom. The van der Waals surface area contributed by atoms with Crippen molar-refractivity contribution in [2.45, 2.75) is 83.1 Å². The summed E-state index contributed by atoms with van der Waals surface area (Å²) in [7, 11) is 0. The molecule has 0 amide bonds. The molecule has 0 aliphatic rings. The lowest BCUT2D eigenvalue weighted by molar-refractivity contribution is 1.37. The third-order valence-corrected chi connectivity index (χ3v) is 19.2. The number of hydrogen-bond donors (Lipinski definition) is 0. The minimum absolute atomic E-state index is 1.14. The van der Waals surface area contributed by atoms with Crippen LogP contribution in [0.3, 0.4) is 0 Å². The fourth-order valence-electron chi connectivity index (χ4n) is 14.9. The number of aryl methyl sites for hydroxylation is 12. The van der Waals surface area contributed by atoms with Crippen LogP contribution in [0.25, 0.3) is 134 Å². The Labute approximate surface area is 534 Å². The normalized spacial score (nSPS) is 11.3. The van der Waals surface area contributed by atoms with Crippen LogP contribution in [0.15, 0.2) is 255 Å². The molecule has 0 radical (unpaired) electrons. The van der Waals surface area contributed by atoms with Gasteiger partial charge in [0, 0.05) is 0 Å². The minimum Gasteiger partial charge on any atom is -0.0617 e. The molecular weight excluding hydrogens is 1080 g/mol. The molecule has 0 spiro atoms. The molecular formula is C90H78. The lowest BCUT2D eigenvalue weighted by Gasteiger charge is -2.29. The van der Waals surface area contributed by atoms with E-state index < -0.39 is 0 Å². The number of rotatable bonds is 12. The van der Waals surface area contributed by atoms with Crippen molar-refractivity contribution >= 4 is 0 Å². The molecule has 0 saturated heterocycles. The molecule has 13 rings (SSSR count). The van der Waals surface area contributed by atoms with E-state index in [4.69, 9.17) is 0 Å². The smallest absolute Gasteiger partial charge is 0.00139 e. The summed E-state index contributed by atoms with van der Waals surface area (Å²) in [5.74, 6) is 0. The molecule has 438 valence electrons. The molecule has 0 nitrogen and oxygen atoms in total. The fraction of sp³-hybridized carbons (Fsp3) is 0.133. The van der Waals surface area contributed by atoms with Gasteiger partial charge in [0.1, 0.15) is 0 Å². The maximum absolute atomic E-state index is 2.40. The van der Waals surface area contributed by atoms with Crippen molar-refractivity contribution < 1.29 is 0 Å². The van der Waals surface area contributed by atoms with Crippen molar-refractivity contribution in [2.24, 2.45) is 0 Å². The highest BCUT2D eigenvalue weighted by atomic mass is 14.3. The summed E-state index contributed by atoms with van der Waals surface area (Å²) in [5.41, 5.74) is 44.1. The maximum Gasteiger partial charge on any atom is -0.00139 e. The summed E-state index contributed by atoms with van der Waals surface area (Å²) in [6, 6.07) is 97.1. The first-order chi connectivity index (χ1) is 43.6. The Kier molecular flexibility index (Phi) is 16.0. The van der Waals surface area contributed by atoms with E-state index in [-0.39, 0.29) is 0 Å². The predicted molar refractivity (Wildman–Crippen MR) is 389 cm³/mol. The summed E-state index contributed by atoms with van der Waals surface area (Å²) in [4.78, 5) is 0. The van der Waals surface area contributed by atoms with Gasteiger partial charge in [0.2, 0.25) is 0 Å². The van der Waals surface area contributed by atoms with Crippen LogP contribution in [0.5, 0.6) is 0 Å². The zero-order chi connectivity index (χ0) is 62.5. The summed E-state index contributed by atoms with van der Waals surface area (Å²) < 4.78 is 0. The first-order valence-corrected chi connectivity index (χ1v) is 31.9. The first-order valence-electron chi connectivity index (χ1n) is 31.9. The van der Waals surface area contributed by atoms with Crippen molar-refractivity contribution in [1.82, 2.24) is 0 Å². The molecule has 0 saturated carbocycles. The van der Waals surface area contributed by atoms with Gasteiger partial charge in [0.05, 0.1) is 0 Å². The van der Waals surface area contributed by atoms with Crippen LogP contribution < -0.4 is 0 Å². The van der Waals surface area contributed by atoms with Gasteiger partial charge in [-0.05, 0) is 283 Å². The zero-order valence-corrected chi connectivity index (χ0v) is 54.2. The molecule has 0 aromatic heterocycles. The third-order valence-electron chi connectivity index (χ3n) is 19.2. The molecule has 0 unspecified atom stereocenters. The Hall–Kier alpha value is -10.1. The zero-order valence-electron chi connectivity index (χ0n) is 54.2. The van der Waals surface area contributed by atoms with Crippen LogP contribution >= 0.6 is 0 Å². The van der Waals surface area contributed by atoms with Crippen molar-refractivity contribution in [3.8, 4) is 134 Å². The van der Waals surface area contributed by atoms with Crippen molar-refractivity contribution in [3.63, 3.8) is 0 Å². The van der Waals surface area contributed by atoms with E-state index in [1.54, 1.807) is 0 Å². The van der Waals surface area contributed by atoms with Crippen molar-refractivity contribution in [2.75, 3.05) is 0 Å². The molecule has 0 aliphatic carbocycles. The van der Waals surface area contributed by atoms with Gasteiger partial charge >= 0.3 is 0 Å². The van der Waals surface area contributed by atoms with E-state index in [2.05, 4.69) is 338 Å². The summed E-state index contributed by atoms with van der Waals surface area (Å²) in [6.07, 6.45) is 0. The van der Waals surface area contributed by atoms with Crippen LogP contribution in [-0.4, -0.2) is 0 Å². The molecule has 0 heteroatoms. The summed E-state index contributed by atoms with van der Waals surface area (Å²) >= 11 is 0. The maximum atomic E-state index is 2.40. The van der Waals surface area contributed by atoms with Gasteiger partial charge in [-0.1, -0.05) is 255 Å². The monoisotopic (exact) mass is 1160 g/mol. The Bertz CT molecular complexity index is 3910. The summed E-state index contributed by atoms with van der Waals surface area (Å²) in [5, 5.41) is 0. The van der Waals surface area contributed by atoms with E-state index >= 15 is 0 Å². The van der Waals surface area contributed by atoms with E-state index in [0.29, 0.717) is 0 Å². The molecule has 0 heterocycles. The molecule has 13 aromatic rings. The second kappa shape index (κ2) is 24.4. The average Bonchev–Trinajstić information content (AvgIpc) is 0.728. The van der Waals surface area contributed by atoms with Crippen LogP contribution in [0.4, 0.5) is 0 Å². The van der Waals surface area contributed by atoms with Gasteiger partial charge in [-0.25, -0.2) is 0 Å². The Morgan fingerprint density at radius 1 is 0.100 bits per heavy atom. The molecule has 0 atom stereocenters. The van der Waals surface area contributed by atoms with Crippen LogP contribution in [0.1, 0.15) is 66.8 Å². The van der Waals surface area contributed by atoms with E-state index in [1.807, 2.05) is 0 Å². The highest BCUT2D eigenvalue weighted by Gasteiger charge is 2.30. The standard InChI is InChI=1S/C90H78/c1-55-19-13-20-56(2)79(55)67-31-43-73(44-32-67)85-86(74-45-33-68(34-46-74)80-57(3)21-14-22-58(80)4)88(76-49-37-70(38-50-76)82-61(7)25-16-26-62(82)8)90(78-53-41-72(42-54-78)84-65(11)29-18-30-66(84)12)89(77-51-39-71(40-52-77)83-63(9)27-17-28-64(83)10)87(85)75-47-35-69(36-48-75)81-59(5)23-15-24-60(81)6/h13-54H,1-12H3. The van der Waals surface area contributed by atoms with Crippen LogP contribution in [-0.2, 0) is 0 Å². The lowest BCUT2D eigenvalue weighted by Crippen LogP contribution is -2.03. The van der Waals surface area contributed by atoms with Gasteiger partial charge in [-0.3, -0.25) is 0 Å². The van der Waals surface area contributed by atoms with Crippen LogP contribution in [0.2, 0.25) is 0 Å². The minimum atomic E-state index is 1.14. The highest BCUT2D eigenvalue weighted by Crippen LogP contribution is 2.57. The van der Waals surface area contributed by atoms with E-state index in [9.17, 15) is 0 Å².